The molecule has 0 unspecified atom stereocenters. The molecule has 9 heteroatoms. The molecule has 1 aliphatic heterocycles. The minimum Gasteiger partial charge on any atom is -0.461 e. The van der Waals surface area contributed by atoms with Crippen LogP contribution in [0.1, 0.15) is 24.0 Å². The first-order valence-electron chi connectivity index (χ1n) is 9.44. The van der Waals surface area contributed by atoms with E-state index in [2.05, 4.69) is 14.8 Å². The van der Waals surface area contributed by atoms with Gasteiger partial charge >= 0.3 is 5.97 Å². The predicted molar refractivity (Wildman–Crippen MR) is 111 cm³/mol. The summed E-state index contributed by atoms with van der Waals surface area (Å²) in [5.74, 6) is -0.00463. The van der Waals surface area contributed by atoms with E-state index in [0.717, 1.165) is 11.3 Å². The average molecular weight is 424 g/mol. The van der Waals surface area contributed by atoms with E-state index in [1.165, 1.54) is 0 Å². The number of hydrogen-bond acceptors (Lipinski definition) is 6. The number of nitrogens with zero attached hydrogens (tertiary/aromatic N) is 3. The molecule has 0 amide bonds. The van der Waals surface area contributed by atoms with Crippen LogP contribution < -0.4 is 4.72 Å². The minimum atomic E-state index is -3.54. The van der Waals surface area contributed by atoms with E-state index in [1.54, 1.807) is 35.1 Å². The number of esters is 1. The molecule has 0 bridgehead atoms. The molecule has 154 valence electrons. The third-order valence-electron chi connectivity index (χ3n) is 4.58. The van der Waals surface area contributed by atoms with E-state index >= 15 is 0 Å². The van der Waals surface area contributed by atoms with Crippen molar-refractivity contribution in [2.75, 3.05) is 6.54 Å². The summed E-state index contributed by atoms with van der Waals surface area (Å²) in [6, 6.07) is 16.1. The van der Waals surface area contributed by atoms with Crippen molar-refractivity contribution in [3.8, 4) is 5.69 Å². The van der Waals surface area contributed by atoms with Crippen LogP contribution in [0.15, 0.2) is 76.9 Å². The van der Waals surface area contributed by atoms with Gasteiger partial charge in [0.25, 0.3) is 10.0 Å². The van der Waals surface area contributed by atoms with Crippen molar-refractivity contribution in [1.29, 1.82) is 0 Å². The number of ether oxygens (including phenoxy) is 1. The average Bonchev–Trinajstić information content (AvgIpc) is 3.37. The lowest BCUT2D eigenvalue weighted by molar-refractivity contribution is -0.145. The molecule has 8 nitrogen and oxygen atoms in total. The van der Waals surface area contributed by atoms with E-state index in [1.807, 2.05) is 36.5 Å². The lowest BCUT2D eigenvalue weighted by Gasteiger charge is -2.06. The number of amidine groups is 1. The molecule has 0 saturated carbocycles. The number of aromatic nitrogens is 2. The monoisotopic (exact) mass is 424 g/mol. The largest absolute Gasteiger partial charge is 0.461 e. The molecule has 0 aliphatic carbocycles. The summed E-state index contributed by atoms with van der Waals surface area (Å²) in [7, 11) is -3.54. The summed E-state index contributed by atoms with van der Waals surface area (Å²) in [6.45, 7) is 0.514. The van der Waals surface area contributed by atoms with Gasteiger partial charge in [-0.3, -0.25) is 14.5 Å². The van der Waals surface area contributed by atoms with E-state index in [9.17, 15) is 13.2 Å². The Bertz CT molecular complexity index is 1170. The van der Waals surface area contributed by atoms with Crippen molar-refractivity contribution in [2.45, 2.75) is 24.3 Å². The number of sulfonamides is 1. The Kier molecular flexibility index (Phi) is 5.62. The van der Waals surface area contributed by atoms with Gasteiger partial charge in [0.2, 0.25) is 0 Å². The van der Waals surface area contributed by atoms with Crippen molar-refractivity contribution >= 4 is 21.8 Å². The van der Waals surface area contributed by atoms with Crippen LogP contribution in [0, 0.1) is 0 Å². The van der Waals surface area contributed by atoms with E-state index < -0.39 is 10.0 Å². The van der Waals surface area contributed by atoms with Gasteiger partial charge in [0.15, 0.2) is 0 Å². The van der Waals surface area contributed by atoms with Crippen LogP contribution in [-0.2, 0) is 26.2 Å². The first-order chi connectivity index (χ1) is 14.5. The van der Waals surface area contributed by atoms with Gasteiger partial charge in [-0.25, -0.2) is 13.1 Å². The molecule has 1 N–H and O–H groups in total. The van der Waals surface area contributed by atoms with Gasteiger partial charge in [-0.2, -0.15) is 5.10 Å². The first kappa shape index (κ1) is 19.8. The Morgan fingerprint density at radius 3 is 2.67 bits per heavy atom. The van der Waals surface area contributed by atoms with Crippen molar-refractivity contribution < 1.29 is 17.9 Å². The highest BCUT2D eigenvalue weighted by molar-refractivity contribution is 7.90. The number of rotatable bonds is 7. The number of hydrogen-bond donors (Lipinski definition) is 1. The standard InChI is InChI=1S/C21H20N4O4S/c26-20(29-15-16-8-10-17(11-9-16)25-14-4-13-23-25)7-3-12-22-21-18-5-1-2-6-19(18)30(27,28)24-21/h1-2,4-6,8-11,13-14H,3,7,12,15H2,(H,22,24). The van der Waals surface area contributed by atoms with Crippen LogP contribution in [0.4, 0.5) is 0 Å². The van der Waals surface area contributed by atoms with Crippen LogP contribution in [-0.4, -0.2) is 36.5 Å². The number of carbonyl (C=O) groups excluding carboxylic acids is 1. The Balaban J connectivity index is 1.24. The Hall–Kier alpha value is -3.46. The molecule has 2 aromatic carbocycles. The number of fused-ring (bicyclic) bond motifs is 1. The summed E-state index contributed by atoms with van der Waals surface area (Å²) >= 11 is 0. The fourth-order valence-electron chi connectivity index (χ4n) is 3.07. The van der Waals surface area contributed by atoms with Gasteiger partial charge in [-0.05, 0) is 42.3 Å². The van der Waals surface area contributed by atoms with Gasteiger partial charge in [0.05, 0.1) is 10.6 Å². The van der Waals surface area contributed by atoms with Crippen molar-refractivity contribution in [3.63, 3.8) is 0 Å². The van der Waals surface area contributed by atoms with E-state index in [0.29, 0.717) is 24.4 Å². The molecule has 4 rings (SSSR count). The molecule has 0 spiro atoms. The zero-order chi connectivity index (χ0) is 21.0. The highest BCUT2D eigenvalue weighted by Gasteiger charge is 2.29. The maximum absolute atomic E-state index is 12.0. The number of nitrogens with one attached hydrogen (secondary N) is 1. The number of aliphatic imine (C=N–C) groups is 1. The zero-order valence-electron chi connectivity index (χ0n) is 16.1. The summed E-state index contributed by atoms with van der Waals surface area (Å²) in [5, 5.41) is 4.16. The van der Waals surface area contributed by atoms with Crippen LogP contribution >= 0.6 is 0 Å². The highest BCUT2D eigenvalue weighted by atomic mass is 32.2. The van der Waals surface area contributed by atoms with Crippen molar-refractivity contribution in [2.24, 2.45) is 4.99 Å². The van der Waals surface area contributed by atoms with Crippen LogP contribution in [0.3, 0.4) is 0 Å². The number of benzene rings is 2. The zero-order valence-corrected chi connectivity index (χ0v) is 16.9. The molecular weight excluding hydrogens is 404 g/mol. The van der Waals surface area contributed by atoms with E-state index in [4.69, 9.17) is 4.74 Å². The molecule has 1 aromatic heterocycles. The molecule has 0 fully saturated rings. The van der Waals surface area contributed by atoms with Crippen LogP contribution in [0.5, 0.6) is 0 Å². The molecule has 3 aromatic rings. The summed E-state index contributed by atoms with van der Waals surface area (Å²) in [4.78, 5) is 16.5. The third-order valence-corrected chi connectivity index (χ3v) is 5.97. The highest BCUT2D eigenvalue weighted by Crippen LogP contribution is 2.22. The second kappa shape index (κ2) is 8.50. The molecule has 0 atom stereocenters. The van der Waals surface area contributed by atoms with Crippen LogP contribution in [0.25, 0.3) is 5.69 Å². The Morgan fingerprint density at radius 2 is 1.90 bits per heavy atom. The van der Waals surface area contributed by atoms with Crippen LogP contribution in [0.2, 0.25) is 0 Å². The van der Waals surface area contributed by atoms with Crippen molar-refractivity contribution in [1.82, 2.24) is 14.5 Å². The summed E-state index contributed by atoms with van der Waals surface area (Å²) in [6.07, 6.45) is 4.23. The molecule has 1 aliphatic rings. The second-order valence-electron chi connectivity index (χ2n) is 6.71. The first-order valence-corrected chi connectivity index (χ1v) is 10.9. The topological polar surface area (TPSA) is 103 Å². The molecule has 2 heterocycles. The summed E-state index contributed by atoms with van der Waals surface area (Å²) in [5.41, 5.74) is 2.37. The molecule has 0 saturated heterocycles. The molecule has 30 heavy (non-hydrogen) atoms. The van der Waals surface area contributed by atoms with Gasteiger partial charge in [-0.1, -0.05) is 24.3 Å². The fourth-order valence-corrected chi connectivity index (χ4v) is 4.32. The lowest BCUT2D eigenvalue weighted by Crippen LogP contribution is -2.22. The second-order valence-corrected chi connectivity index (χ2v) is 8.36. The Labute approximate surface area is 174 Å². The van der Waals surface area contributed by atoms with Gasteiger partial charge in [-0.15, -0.1) is 0 Å². The van der Waals surface area contributed by atoms with E-state index in [-0.39, 0.29) is 23.9 Å². The number of carbonyl (C=O) groups is 1. The maximum Gasteiger partial charge on any atom is 0.306 e. The third kappa shape index (κ3) is 4.41. The lowest BCUT2D eigenvalue weighted by atomic mass is 10.2. The molecular formula is C21H20N4O4S. The van der Waals surface area contributed by atoms with Gasteiger partial charge in [0, 0.05) is 30.9 Å². The summed E-state index contributed by atoms with van der Waals surface area (Å²) < 4.78 is 33.6. The Morgan fingerprint density at radius 1 is 1.10 bits per heavy atom. The van der Waals surface area contributed by atoms with Gasteiger partial charge < -0.3 is 4.74 Å². The molecule has 0 radical (unpaired) electrons. The smallest absolute Gasteiger partial charge is 0.306 e. The van der Waals surface area contributed by atoms with Crippen molar-refractivity contribution in [3.05, 3.63) is 78.1 Å². The SMILES string of the molecule is O=C(CCCN=C1NS(=O)(=O)c2ccccc21)OCc1ccc(-n2cccn2)cc1. The maximum atomic E-state index is 12.0. The fraction of sp³-hybridized carbons (Fsp3) is 0.190. The minimum absolute atomic E-state index is 0.194. The predicted octanol–water partition coefficient (Wildman–Crippen LogP) is 2.43. The quantitative estimate of drug-likeness (QED) is 0.464. The van der Waals surface area contributed by atoms with Gasteiger partial charge in [0.1, 0.15) is 12.4 Å². The normalized spacial score (nSPS) is 15.5.